The number of rotatable bonds is 4. The highest BCUT2D eigenvalue weighted by atomic mass is 16.3. The van der Waals surface area contributed by atoms with Gasteiger partial charge in [-0.2, -0.15) is 5.10 Å². The van der Waals surface area contributed by atoms with Gasteiger partial charge in [0.2, 0.25) is 0 Å². The number of aryl methyl sites for hydroxylation is 1. The van der Waals surface area contributed by atoms with Crippen molar-refractivity contribution >= 4 is 0 Å². The van der Waals surface area contributed by atoms with Crippen molar-refractivity contribution in [2.75, 3.05) is 19.7 Å². The highest BCUT2D eigenvalue weighted by Crippen LogP contribution is 2.29. The standard InChI is InChI=1S/C16H22N4O/c1-14-17-13-20(18-14)16(12-21)7-9-19(10-8-16)11-15-5-3-2-4-6-15/h2-6,13,21H,7-12H2,1H3. The minimum Gasteiger partial charge on any atom is -0.394 e. The van der Waals surface area contributed by atoms with E-state index in [1.54, 1.807) is 6.33 Å². The van der Waals surface area contributed by atoms with Gasteiger partial charge < -0.3 is 5.11 Å². The molecule has 112 valence electrons. The maximum absolute atomic E-state index is 9.87. The van der Waals surface area contributed by atoms with Crippen molar-refractivity contribution in [3.8, 4) is 0 Å². The summed E-state index contributed by atoms with van der Waals surface area (Å²) >= 11 is 0. The molecule has 5 heteroatoms. The molecule has 1 aromatic carbocycles. The second-order valence-corrected chi connectivity index (χ2v) is 5.88. The van der Waals surface area contributed by atoms with Crippen molar-refractivity contribution in [3.05, 3.63) is 48.0 Å². The fraction of sp³-hybridized carbons (Fsp3) is 0.500. The molecule has 2 aromatic rings. The van der Waals surface area contributed by atoms with Gasteiger partial charge in [0.25, 0.3) is 0 Å². The summed E-state index contributed by atoms with van der Waals surface area (Å²) in [5.41, 5.74) is 1.06. The van der Waals surface area contributed by atoms with Gasteiger partial charge in [0, 0.05) is 19.6 Å². The van der Waals surface area contributed by atoms with Crippen LogP contribution < -0.4 is 0 Å². The quantitative estimate of drug-likeness (QED) is 0.927. The van der Waals surface area contributed by atoms with Crippen LogP contribution in [0.15, 0.2) is 36.7 Å². The van der Waals surface area contributed by atoms with Crippen molar-refractivity contribution < 1.29 is 5.11 Å². The number of aromatic nitrogens is 3. The smallest absolute Gasteiger partial charge is 0.147 e. The van der Waals surface area contributed by atoms with Gasteiger partial charge in [0.1, 0.15) is 12.2 Å². The van der Waals surface area contributed by atoms with Gasteiger partial charge in [-0.3, -0.25) is 4.90 Å². The molecule has 5 nitrogen and oxygen atoms in total. The van der Waals surface area contributed by atoms with Crippen LogP contribution in [0.2, 0.25) is 0 Å². The Morgan fingerprint density at radius 2 is 1.90 bits per heavy atom. The molecule has 1 N–H and O–H groups in total. The number of likely N-dealkylation sites (tertiary alicyclic amines) is 1. The predicted molar refractivity (Wildman–Crippen MR) is 80.8 cm³/mol. The molecule has 21 heavy (non-hydrogen) atoms. The van der Waals surface area contributed by atoms with Crippen molar-refractivity contribution in [1.82, 2.24) is 19.7 Å². The third-order valence-electron chi connectivity index (χ3n) is 4.42. The van der Waals surface area contributed by atoms with Crippen LogP contribution in [0.25, 0.3) is 0 Å². The average Bonchev–Trinajstić information content (AvgIpc) is 2.96. The Kier molecular flexibility index (Phi) is 4.03. The van der Waals surface area contributed by atoms with E-state index in [0.29, 0.717) is 0 Å². The van der Waals surface area contributed by atoms with Gasteiger partial charge in [-0.1, -0.05) is 30.3 Å². The van der Waals surface area contributed by atoms with Gasteiger partial charge in [-0.25, -0.2) is 9.67 Å². The Labute approximate surface area is 125 Å². The minimum absolute atomic E-state index is 0.120. The zero-order valence-electron chi connectivity index (χ0n) is 12.4. The Bertz CT molecular complexity index is 573. The molecule has 1 aromatic heterocycles. The molecule has 0 atom stereocenters. The Balaban J connectivity index is 1.66. The van der Waals surface area contributed by atoms with E-state index in [2.05, 4.69) is 39.2 Å². The summed E-state index contributed by atoms with van der Waals surface area (Å²) in [6.45, 7) is 4.91. The Morgan fingerprint density at radius 3 is 2.48 bits per heavy atom. The van der Waals surface area contributed by atoms with E-state index in [0.717, 1.165) is 38.3 Å². The topological polar surface area (TPSA) is 54.2 Å². The summed E-state index contributed by atoms with van der Waals surface area (Å²) in [4.78, 5) is 6.64. The van der Waals surface area contributed by atoms with E-state index in [9.17, 15) is 5.11 Å². The molecular weight excluding hydrogens is 264 g/mol. The number of aliphatic hydroxyl groups is 1. The molecule has 1 saturated heterocycles. The highest BCUT2D eigenvalue weighted by Gasteiger charge is 2.36. The highest BCUT2D eigenvalue weighted by molar-refractivity contribution is 5.14. The van der Waals surface area contributed by atoms with Gasteiger partial charge >= 0.3 is 0 Å². The first-order chi connectivity index (χ1) is 10.2. The van der Waals surface area contributed by atoms with E-state index in [1.165, 1.54) is 5.56 Å². The summed E-state index contributed by atoms with van der Waals surface area (Å²) in [6.07, 6.45) is 3.55. The molecule has 0 amide bonds. The molecule has 0 bridgehead atoms. The molecule has 1 aliphatic rings. The summed E-state index contributed by atoms with van der Waals surface area (Å²) < 4.78 is 1.86. The number of piperidine rings is 1. The molecule has 0 spiro atoms. The van der Waals surface area contributed by atoms with Crippen LogP contribution in [0.5, 0.6) is 0 Å². The third kappa shape index (κ3) is 2.99. The number of aliphatic hydroxyl groups excluding tert-OH is 1. The summed E-state index contributed by atoms with van der Waals surface area (Å²) in [7, 11) is 0. The first-order valence-corrected chi connectivity index (χ1v) is 7.48. The number of benzene rings is 1. The second kappa shape index (κ2) is 5.95. The van der Waals surface area contributed by atoms with Gasteiger partial charge in [0.05, 0.1) is 12.1 Å². The lowest BCUT2D eigenvalue weighted by molar-refractivity contribution is 0.0402. The molecule has 3 rings (SSSR count). The largest absolute Gasteiger partial charge is 0.394 e. The zero-order valence-corrected chi connectivity index (χ0v) is 12.4. The maximum Gasteiger partial charge on any atom is 0.147 e. The third-order valence-corrected chi connectivity index (χ3v) is 4.42. The van der Waals surface area contributed by atoms with Gasteiger partial charge in [-0.05, 0) is 25.3 Å². The summed E-state index contributed by atoms with van der Waals surface area (Å²) in [6, 6.07) is 10.5. The molecule has 0 saturated carbocycles. The Morgan fingerprint density at radius 1 is 1.19 bits per heavy atom. The lowest BCUT2D eigenvalue weighted by atomic mass is 9.88. The van der Waals surface area contributed by atoms with E-state index in [4.69, 9.17) is 0 Å². The van der Waals surface area contributed by atoms with Crippen LogP contribution in [0.1, 0.15) is 24.2 Å². The fourth-order valence-electron chi connectivity index (χ4n) is 3.00. The van der Waals surface area contributed by atoms with Crippen LogP contribution in [-0.2, 0) is 12.1 Å². The van der Waals surface area contributed by atoms with Crippen molar-refractivity contribution in [1.29, 1.82) is 0 Å². The van der Waals surface area contributed by atoms with Crippen molar-refractivity contribution in [2.24, 2.45) is 0 Å². The van der Waals surface area contributed by atoms with Crippen LogP contribution in [0.4, 0.5) is 0 Å². The van der Waals surface area contributed by atoms with E-state index >= 15 is 0 Å². The van der Waals surface area contributed by atoms with Crippen molar-refractivity contribution in [3.63, 3.8) is 0 Å². The van der Waals surface area contributed by atoms with E-state index < -0.39 is 0 Å². The number of nitrogens with zero attached hydrogens (tertiary/aromatic N) is 4. The van der Waals surface area contributed by atoms with Gasteiger partial charge in [0.15, 0.2) is 0 Å². The van der Waals surface area contributed by atoms with Crippen LogP contribution >= 0.6 is 0 Å². The monoisotopic (exact) mass is 286 g/mol. The number of hydrogen-bond donors (Lipinski definition) is 1. The normalized spacial score (nSPS) is 18.8. The summed E-state index contributed by atoms with van der Waals surface area (Å²) in [5, 5.41) is 14.3. The zero-order chi connectivity index (χ0) is 14.7. The van der Waals surface area contributed by atoms with Gasteiger partial charge in [-0.15, -0.1) is 0 Å². The van der Waals surface area contributed by atoms with Crippen molar-refractivity contribution in [2.45, 2.75) is 31.8 Å². The lowest BCUT2D eigenvalue weighted by Gasteiger charge is -2.40. The molecule has 0 unspecified atom stereocenters. The van der Waals surface area contributed by atoms with E-state index in [1.807, 2.05) is 17.7 Å². The maximum atomic E-state index is 9.87. The average molecular weight is 286 g/mol. The fourth-order valence-corrected chi connectivity index (χ4v) is 3.00. The van der Waals surface area contributed by atoms with E-state index in [-0.39, 0.29) is 12.1 Å². The predicted octanol–water partition coefficient (Wildman–Crippen LogP) is 1.57. The molecule has 1 fully saturated rings. The Hall–Kier alpha value is -1.72. The summed E-state index contributed by atoms with van der Waals surface area (Å²) in [5.74, 6) is 0.759. The number of hydrogen-bond acceptors (Lipinski definition) is 4. The first-order valence-electron chi connectivity index (χ1n) is 7.48. The van der Waals surface area contributed by atoms with Crippen LogP contribution in [0, 0.1) is 6.92 Å². The molecule has 0 aliphatic carbocycles. The molecule has 1 aliphatic heterocycles. The lowest BCUT2D eigenvalue weighted by Crippen LogP contribution is -2.48. The first kappa shape index (κ1) is 14.2. The van der Waals surface area contributed by atoms with Crippen LogP contribution in [0.3, 0.4) is 0 Å². The van der Waals surface area contributed by atoms with Crippen LogP contribution in [-0.4, -0.2) is 44.5 Å². The molecule has 0 radical (unpaired) electrons. The molecular formula is C16H22N4O. The molecule has 2 heterocycles. The second-order valence-electron chi connectivity index (χ2n) is 5.88. The minimum atomic E-state index is -0.283. The SMILES string of the molecule is Cc1ncn(C2(CO)CCN(Cc3ccccc3)CC2)n1.